The summed E-state index contributed by atoms with van der Waals surface area (Å²) >= 11 is 6.05. The molecule has 0 radical (unpaired) electrons. The molecule has 1 N–H and O–H groups in total. The van der Waals surface area contributed by atoms with Crippen LogP contribution in [0.4, 0.5) is 15.8 Å². The van der Waals surface area contributed by atoms with Crippen LogP contribution in [0.25, 0.3) is 0 Å². The zero-order valence-corrected chi connectivity index (χ0v) is 19.1. The molecular weight excluding hydrogens is 455 g/mol. The van der Waals surface area contributed by atoms with Crippen molar-refractivity contribution in [2.45, 2.75) is 13.5 Å². The molecule has 1 amide bonds. The van der Waals surface area contributed by atoms with Gasteiger partial charge in [-0.1, -0.05) is 29.8 Å². The number of hydrogen-bond donors (Lipinski definition) is 1. The van der Waals surface area contributed by atoms with E-state index in [1.807, 2.05) is 0 Å². The van der Waals surface area contributed by atoms with E-state index < -0.39 is 15.8 Å². The minimum Gasteiger partial charge on any atom is -0.484 e. The molecule has 0 bridgehead atoms. The van der Waals surface area contributed by atoms with Crippen LogP contribution in [0.3, 0.4) is 0 Å². The fourth-order valence-electron chi connectivity index (χ4n) is 2.94. The van der Waals surface area contributed by atoms with Gasteiger partial charge in [0.05, 0.1) is 18.5 Å². The summed E-state index contributed by atoms with van der Waals surface area (Å²) in [7, 11) is -3.58. The zero-order valence-electron chi connectivity index (χ0n) is 17.5. The Morgan fingerprint density at radius 3 is 2.34 bits per heavy atom. The minimum atomic E-state index is -3.58. The van der Waals surface area contributed by atoms with Crippen molar-refractivity contribution in [1.29, 1.82) is 0 Å². The summed E-state index contributed by atoms with van der Waals surface area (Å²) in [5.41, 5.74) is 2.42. The SMILES string of the molecule is Cc1c(Cl)cccc1NC(=O)COc1ccc(N(Cc2ccc(F)cc2)S(C)(=O)=O)cc1. The highest BCUT2D eigenvalue weighted by molar-refractivity contribution is 7.92. The molecule has 3 aromatic rings. The van der Waals surface area contributed by atoms with Gasteiger partial charge in [0.15, 0.2) is 6.61 Å². The van der Waals surface area contributed by atoms with Gasteiger partial charge in [-0.05, 0) is 66.6 Å². The Morgan fingerprint density at radius 2 is 1.72 bits per heavy atom. The summed E-state index contributed by atoms with van der Waals surface area (Å²) in [4.78, 5) is 12.2. The Bertz CT molecular complexity index is 1200. The largest absolute Gasteiger partial charge is 0.484 e. The molecule has 0 aliphatic rings. The van der Waals surface area contributed by atoms with Crippen molar-refractivity contribution >= 4 is 38.9 Å². The molecule has 168 valence electrons. The summed E-state index contributed by atoms with van der Waals surface area (Å²) in [6.45, 7) is 1.63. The molecular formula is C23H22ClFN2O4S. The van der Waals surface area contributed by atoms with Gasteiger partial charge in [-0.2, -0.15) is 0 Å². The number of nitrogens with zero attached hydrogens (tertiary/aromatic N) is 1. The number of rotatable bonds is 8. The monoisotopic (exact) mass is 476 g/mol. The third-order valence-corrected chi connectivity index (χ3v) is 6.23. The van der Waals surface area contributed by atoms with Crippen molar-refractivity contribution in [3.63, 3.8) is 0 Å². The lowest BCUT2D eigenvalue weighted by Gasteiger charge is -2.23. The number of ether oxygens (including phenoxy) is 1. The van der Waals surface area contributed by atoms with Crippen LogP contribution < -0.4 is 14.4 Å². The number of nitrogens with one attached hydrogen (secondary N) is 1. The summed E-state index contributed by atoms with van der Waals surface area (Å²) in [5.74, 6) is -0.341. The molecule has 0 aliphatic heterocycles. The molecule has 32 heavy (non-hydrogen) atoms. The van der Waals surface area contributed by atoms with Crippen LogP contribution in [-0.4, -0.2) is 27.2 Å². The van der Waals surface area contributed by atoms with Crippen molar-refractivity contribution in [2.24, 2.45) is 0 Å². The lowest BCUT2D eigenvalue weighted by Crippen LogP contribution is -2.29. The Kier molecular flexibility index (Phi) is 7.37. The second kappa shape index (κ2) is 10.0. The van der Waals surface area contributed by atoms with E-state index in [0.717, 1.165) is 11.8 Å². The molecule has 0 aromatic heterocycles. The molecule has 9 heteroatoms. The van der Waals surface area contributed by atoms with Crippen molar-refractivity contribution in [1.82, 2.24) is 0 Å². The average Bonchev–Trinajstić information content (AvgIpc) is 2.75. The predicted molar refractivity (Wildman–Crippen MR) is 124 cm³/mol. The van der Waals surface area contributed by atoms with Gasteiger partial charge >= 0.3 is 0 Å². The maximum absolute atomic E-state index is 13.1. The first-order valence-electron chi connectivity index (χ1n) is 9.63. The van der Waals surface area contributed by atoms with Crippen LogP contribution in [0.1, 0.15) is 11.1 Å². The van der Waals surface area contributed by atoms with Crippen LogP contribution in [0.2, 0.25) is 5.02 Å². The number of halogens is 2. The fraction of sp³-hybridized carbons (Fsp3) is 0.174. The van der Waals surface area contributed by atoms with Crippen molar-refractivity contribution in [2.75, 3.05) is 22.5 Å². The van der Waals surface area contributed by atoms with Gasteiger partial charge in [-0.25, -0.2) is 12.8 Å². The molecule has 0 spiro atoms. The average molecular weight is 477 g/mol. The Morgan fingerprint density at radius 1 is 1.06 bits per heavy atom. The van der Waals surface area contributed by atoms with Crippen LogP contribution in [0, 0.1) is 12.7 Å². The van der Waals surface area contributed by atoms with Gasteiger partial charge in [0.2, 0.25) is 10.0 Å². The smallest absolute Gasteiger partial charge is 0.262 e. The van der Waals surface area contributed by atoms with Gasteiger partial charge in [0, 0.05) is 10.7 Å². The van der Waals surface area contributed by atoms with Gasteiger partial charge in [-0.3, -0.25) is 9.10 Å². The van der Waals surface area contributed by atoms with Gasteiger partial charge in [0.1, 0.15) is 11.6 Å². The van der Waals surface area contributed by atoms with Crippen molar-refractivity contribution < 1.29 is 22.3 Å². The van der Waals surface area contributed by atoms with Crippen LogP contribution in [-0.2, 0) is 21.4 Å². The summed E-state index contributed by atoms with van der Waals surface area (Å²) in [5, 5.41) is 3.29. The minimum absolute atomic E-state index is 0.0563. The number of amides is 1. The lowest BCUT2D eigenvalue weighted by molar-refractivity contribution is -0.118. The Balaban J connectivity index is 1.65. The number of carbonyl (C=O) groups excluding carboxylic acids is 1. The van der Waals surface area contributed by atoms with Crippen LogP contribution >= 0.6 is 11.6 Å². The Labute approximate surface area is 191 Å². The molecule has 0 fully saturated rings. The van der Waals surface area contributed by atoms with E-state index in [-0.39, 0.29) is 19.1 Å². The van der Waals surface area contributed by atoms with Crippen molar-refractivity contribution in [3.05, 3.63) is 88.7 Å². The maximum atomic E-state index is 13.1. The molecule has 0 saturated heterocycles. The normalized spacial score (nSPS) is 11.1. The van der Waals surface area contributed by atoms with E-state index in [2.05, 4.69) is 5.32 Å². The van der Waals surface area contributed by atoms with E-state index >= 15 is 0 Å². The van der Waals surface area contributed by atoms with E-state index in [1.165, 1.54) is 28.6 Å². The summed E-state index contributed by atoms with van der Waals surface area (Å²) < 4.78 is 44.4. The topological polar surface area (TPSA) is 75.7 Å². The predicted octanol–water partition coefficient (Wildman–Crippen LogP) is 4.77. The molecule has 3 aromatic carbocycles. The number of anilines is 2. The number of benzene rings is 3. The fourth-order valence-corrected chi connectivity index (χ4v) is 4.01. The maximum Gasteiger partial charge on any atom is 0.262 e. The molecule has 0 unspecified atom stereocenters. The van der Waals surface area contributed by atoms with Gasteiger partial charge in [-0.15, -0.1) is 0 Å². The second-order valence-electron chi connectivity index (χ2n) is 7.14. The highest BCUT2D eigenvalue weighted by Gasteiger charge is 2.18. The van der Waals surface area contributed by atoms with E-state index in [4.69, 9.17) is 16.3 Å². The quantitative estimate of drug-likeness (QED) is 0.508. The van der Waals surface area contributed by atoms with E-state index in [0.29, 0.717) is 27.7 Å². The molecule has 6 nitrogen and oxygen atoms in total. The molecule has 0 atom stereocenters. The van der Waals surface area contributed by atoms with Gasteiger partial charge in [0.25, 0.3) is 5.91 Å². The number of sulfonamides is 1. The van der Waals surface area contributed by atoms with Crippen LogP contribution in [0.5, 0.6) is 5.75 Å². The third kappa shape index (κ3) is 6.21. The highest BCUT2D eigenvalue weighted by Crippen LogP contribution is 2.25. The molecule has 0 saturated carbocycles. The third-order valence-electron chi connectivity index (χ3n) is 4.68. The lowest BCUT2D eigenvalue weighted by atomic mass is 10.2. The number of hydrogen-bond acceptors (Lipinski definition) is 4. The highest BCUT2D eigenvalue weighted by atomic mass is 35.5. The summed E-state index contributed by atoms with van der Waals surface area (Å²) in [6.07, 6.45) is 1.10. The van der Waals surface area contributed by atoms with Gasteiger partial charge < -0.3 is 10.1 Å². The standard InChI is InChI=1S/C23H22ClFN2O4S/c1-16-21(24)4-3-5-22(16)26-23(28)15-31-20-12-10-19(11-13-20)27(32(2,29)30)14-17-6-8-18(25)9-7-17/h3-13H,14-15H2,1-2H3,(H,26,28). The zero-order chi connectivity index (χ0) is 23.3. The summed E-state index contributed by atoms with van der Waals surface area (Å²) in [6, 6.07) is 17.2. The van der Waals surface area contributed by atoms with Crippen LogP contribution in [0.15, 0.2) is 66.7 Å². The van der Waals surface area contributed by atoms with E-state index in [9.17, 15) is 17.6 Å². The first kappa shape index (κ1) is 23.6. The number of carbonyl (C=O) groups is 1. The van der Waals surface area contributed by atoms with E-state index in [1.54, 1.807) is 49.4 Å². The molecule has 0 heterocycles. The Hall–Kier alpha value is -3.10. The molecule has 3 rings (SSSR count). The van der Waals surface area contributed by atoms with Crippen molar-refractivity contribution in [3.8, 4) is 5.75 Å². The second-order valence-corrected chi connectivity index (χ2v) is 9.45. The molecule has 0 aliphatic carbocycles. The first-order chi connectivity index (χ1) is 15.1. The first-order valence-corrected chi connectivity index (χ1v) is 11.9.